The second-order valence-corrected chi connectivity index (χ2v) is 4.47. The molecule has 0 aliphatic carbocycles. The molecule has 1 N–H and O–H groups in total. The van der Waals surface area contributed by atoms with E-state index in [4.69, 9.17) is 5.26 Å². The van der Waals surface area contributed by atoms with E-state index in [9.17, 15) is 4.79 Å². The van der Waals surface area contributed by atoms with Gasteiger partial charge in [-0.25, -0.2) is 0 Å². The van der Waals surface area contributed by atoms with Gasteiger partial charge in [0, 0.05) is 18.6 Å². The van der Waals surface area contributed by atoms with Gasteiger partial charge in [-0.05, 0) is 13.8 Å². The van der Waals surface area contributed by atoms with Crippen molar-refractivity contribution in [1.82, 2.24) is 10.2 Å². The zero-order chi connectivity index (χ0) is 11.5. The number of carbonyl (C=O) groups is 1. The Bertz CT molecular complexity index is 303. The molecule has 0 aromatic heterocycles. The summed E-state index contributed by atoms with van der Waals surface area (Å²) in [6.07, 6.45) is 1.99. The molecule has 0 bridgehead atoms. The van der Waals surface area contributed by atoms with Crippen LogP contribution in [0.15, 0.2) is 12.7 Å². The fourth-order valence-electron chi connectivity index (χ4n) is 1.91. The molecular weight excluding hydrogens is 190 g/mol. The summed E-state index contributed by atoms with van der Waals surface area (Å²) in [5, 5.41) is 11.6. The molecule has 0 spiro atoms. The van der Waals surface area contributed by atoms with Gasteiger partial charge in [0.05, 0.1) is 12.5 Å². The largest absolute Gasteiger partial charge is 0.349 e. The number of hydrogen-bond donors (Lipinski definition) is 1. The van der Waals surface area contributed by atoms with Gasteiger partial charge in [0.2, 0.25) is 5.91 Å². The summed E-state index contributed by atoms with van der Waals surface area (Å²) >= 11 is 0. The van der Waals surface area contributed by atoms with Crippen LogP contribution in [0.4, 0.5) is 0 Å². The van der Waals surface area contributed by atoms with Gasteiger partial charge in [0.25, 0.3) is 0 Å². The highest BCUT2D eigenvalue weighted by Gasteiger charge is 2.37. The van der Waals surface area contributed by atoms with Crippen LogP contribution in [0.5, 0.6) is 0 Å². The summed E-state index contributed by atoms with van der Waals surface area (Å²) in [5.41, 5.74) is -0.230. The van der Waals surface area contributed by atoms with Crippen molar-refractivity contribution in [2.75, 3.05) is 13.1 Å². The lowest BCUT2D eigenvalue weighted by Gasteiger charge is -2.42. The lowest BCUT2D eigenvalue weighted by Crippen LogP contribution is -2.64. The molecule has 1 unspecified atom stereocenters. The summed E-state index contributed by atoms with van der Waals surface area (Å²) in [6.45, 7) is 9.01. The zero-order valence-corrected chi connectivity index (χ0v) is 9.29. The molecule has 0 radical (unpaired) electrons. The molecule has 0 aromatic rings. The first-order chi connectivity index (χ1) is 7.00. The average molecular weight is 207 g/mol. The molecule has 1 amide bonds. The maximum absolute atomic E-state index is 11.7. The predicted molar refractivity (Wildman–Crippen MR) is 58.0 cm³/mol. The topological polar surface area (TPSA) is 56.1 Å². The second kappa shape index (κ2) is 4.45. The number of nitrogens with one attached hydrogen (secondary N) is 1. The van der Waals surface area contributed by atoms with Crippen molar-refractivity contribution in [3.05, 3.63) is 12.7 Å². The Balaban J connectivity index is 2.81. The Kier molecular flexibility index (Phi) is 3.48. The van der Waals surface area contributed by atoms with Crippen LogP contribution in [0.3, 0.4) is 0 Å². The molecule has 1 saturated heterocycles. The van der Waals surface area contributed by atoms with Gasteiger partial charge < -0.3 is 5.32 Å². The molecule has 0 saturated carbocycles. The number of carbonyl (C=O) groups excluding carboxylic acids is 1. The summed E-state index contributed by atoms with van der Waals surface area (Å²) in [6, 6.07) is 1.71. The van der Waals surface area contributed by atoms with Crippen LogP contribution in [0, 0.1) is 11.3 Å². The first-order valence-corrected chi connectivity index (χ1v) is 5.04. The minimum Gasteiger partial charge on any atom is -0.349 e. The van der Waals surface area contributed by atoms with Gasteiger partial charge in [0.1, 0.15) is 6.04 Å². The molecule has 1 fully saturated rings. The Morgan fingerprint density at radius 3 is 3.00 bits per heavy atom. The van der Waals surface area contributed by atoms with Crippen LogP contribution >= 0.6 is 0 Å². The smallest absolute Gasteiger partial charge is 0.238 e. The Morgan fingerprint density at radius 2 is 2.47 bits per heavy atom. The lowest BCUT2D eigenvalue weighted by molar-refractivity contribution is -0.132. The minimum atomic E-state index is -0.332. The van der Waals surface area contributed by atoms with E-state index in [1.807, 2.05) is 24.8 Å². The van der Waals surface area contributed by atoms with Crippen molar-refractivity contribution in [2.24, 2.45) is 0 Å². The first-order valence-electron chi connectivity index (χ1n) is 5.04. The third-order valence-electron chi connectivity index (χ3n) is 2.45. The third kappa shape index (κ3) is 2.80. The van der Waals surface area contributed by atoms with Crippen molar-refractivity contribution >= 4 is 5.91 Å². The Hall–Kier alpha value is -1.34. The third-order valence-corrected chi connectivity index (χ3v) is 2.45. The van der Waals surface area contributed by atoms with Gasteiger partial charge in [-0.2, -0.15) is 5.26 Å². The number of rotatable bonds is 3. The number of nitrogens with zero attached hydrogens (tertiary/aromatic N) is 2. The molecule has 1 aliphatic heterocycles. The van der Waals surface area contributed by atoms with Crippen molar-refractivity contribution in [2.45, 2.75) is 31.8 Å². The summed E-state index contributed by atoms with van der Waals surface area (Å²) in [7, 11) is 0. The SMILES string of the molecule is C=CCN1CC(C)(C)NC(=O)C1CC#N. The predicted octanol–water partition coefficient (Wildman–Crippen LogP) is 0.665. The summed E-state index contributed by atoms with van der Waals surface area (Å²) < 4.78 is 0. The van der Waals surface area contributed by atoms with Crippen LogP contribution in [0.2, 0.25) is 0 Å². The molecule has 4 heteroatoms. The molecule has 1 aliphatic rings. The second-order valence-electron chi connectivity index (χ2n) is 4.47. The van der Waals surface area contributed by atoms with Gasteiger partial charge in [-0.1, -0.05) is 6.08 Å². The number of hydrogen-bond acceptors (Lipinski definition) is 3. The van der Waals surface area contributed by atoms with Crippen LogP contribution in [-0.4, -0.2) is 35.5 Å². The quantitative estimate of drug-likeness (QED) is 0.692. The van der Waals surface area contributed by atoms with Crippen LogP contribution in [0.1, 0.15) is 20.3 Å². The highest BCUT2D eigenvalue weighted by molar-refractivity contribution is 5.83. The maximum Gasteiger partial charge on any atom is 0.238 e. The summed E-state index contributed by atoms with van der Waals surface area (Å²) in [4.78, 5) is 13.7. The van der Waals surface area contributed by atoms with E-state index in [0.29, 0.717) is 6.54 Å². The Morgan fingerprint density at radius 1 is 1.80 bits per heavy atom. The lowest BCUT2D eigenvalue weighted by atomic mass is 9.97. The standard InChI is InChI=1S/C11H17N3O/c1-4-7-14-8-11(2,3)13-10(15)9(14)5-6-12/h4,9H,1,5,7-8H2,2-3H3,(H,13,15). The van der Waals surface area contributed by atoms with Crippen molar-refractivity contribution in [1.29, 1.82) is 5.26 Å². The fourth-order valence-corrected chi connectivity index (χ4v) is 1.91. The normalized spacial score (nSPS) is 25.4. The van der Waals surface area contributed by atoms with Crippen LogP contribution in [-0.2, 0) is 4.79 Å². The van der Waals surface area contributed by atoms with Gasteiger partial charge in [-0.3, -0.25) is 9.69 Å². The minimum absolute atomic E-state index is 0.0605. The van der Waals surface area contributed by atoms with Crippen molar-refractivity contribution in [3.63, 3.8) is 0 Å². The van der Waals surface area contributed by atoms with Crippen LogP contribution < -0.4 is 5.32 Å². The van der Waals surface area contributed by atoms with Crippen LogP contribution in [0.25, 0.3) is 0 Å². The van der Waals surface area contributed by atoms with E-state index in [2.05, 4.69) is 11.9 Å². The molecule has 1 rings (SSSR count). The molecule has 1 heterocycles. The molecule has 82 valence electrons. The van der Waals surface area contributed by atoms with E-state index in [-0.39, 0.29) is 23.9 Å². The number of nitriles is 1. The van der Waals surface area contributed by atoms with Gasteiger partial charge in [-0.15, -0.1) is 6.58 Å². The first kappa shape index (κ1) is 11.7. The van der Waals surface area contributed by atoms with Gasteiger partial charge in [0.15, 0.2) is 0 Å². The molecule has 0 aromatic carbocycles. The van der Waals surface area contributed by atoms with E-state index >= 15 is 0 Å². The highest BCUT2D eigenvalue weighted by Crippen LogP contribution is 2.17. The molecular formula is C11H17N3O. The monoisotopic (exact) mass is 207 g/mol. The zero-order valence-electron chi connectivity index (χ0n) is 9.29. The highest BCUT2D eigenvalue weighted by atomic mass is 16.2. The Labute approximate surface area is 90.6 Å². The van der Waals surface area contributed by atoms with E-state index < -0.39 is 0 Å². The average Bonchev–Trinajstić information content (AvgIpc) is 2.10. The summed E-state index contributed by atoms with van der Waals surface area (Å²) in [5.74, 6) is -0.0605. The van der Waals surface area contributed by atoms with E-state index in [1.54, 1.807) is 6.08 Å². The van der Waals surface area contributed by atoms with Gasteiger partial charge >= 0.3 is 0 Å². The molecule has 15 heavy (non-hydrogen) atoms. The van der Waals surface area contributed by atoms with E-state index in [0.717, 1.165) is 6.54 Å². The number of amides is 1. The fraction of sp³-hybridized carbons (Fsp3) is 0.636. The molecule has 1 atom stereocenters. The number of piperazine rings is 1. The maximum atomic E-state index is 11.7. The van der Waals surface area contributed by atoms with E-state index in [1.165, 1.54) is 0 Å². The molecule has 4 nitrogen and oxygen atoms in total. The van der Waals surface area contributed by atoms with Crippen molar-refractivity contribution < 1.29 is 4.79 Å². The van der Waals surface area contributed by atoms with Crippen molar-refractivity contribution in [3.8, 4) is 6.07 Å².